The predicted molar refractivity (Wildman–Crippen MR) is 122 cm³/mol. The monoisotopic (exact) mass is 425 g/mol. The number of hydrogen-bond acceptors (Lipinski definition) is 4. The molecule has 2 atom stereocenters. The SMILES string of the molecule is CCN(CC)C(=O)c1cccc(NC(=O)C[NH+](C)[C@H](C)c2nc3ccccc3s2)c1. The first-order valence-corrected chi connectivity index (χ1v) is 11.1. The van der Waals surface area contributed by atoms with Crippen LogP contribution < -0.4 is 10.2 Å². The fourth-order valence-electron chi connectivity index (χ4n) is 3.32. The van der Waals surface area contributed by atoms with Crippen molar-refractivity contribution in [3.63, 3.8) is 0 Å². The van der Waals surface area contributed by atoms with Gasteiger partial charge in [-0.25, -0.2) is 4.98 Å². The van der Waals surface area contributed by atoms with E-state index in [-0.39, 0.29) is 17.9 Å². The lowest BCUT2D eigenvalue weighted by Crippen LogP contribution is -3.10. The molecule has 2 amide bonds. The van der Waals surface area contributed by atoms with Gasteiger partial charge in [0.1, 0.15) is 6.04 Å². The molecule has 0 aliphatic heterocycles. The number of quaternary nitrogens is 1. The zero-order chi connectivity index (χ0) is 21.7. The molecule has 0 radical (unpaired) electrons. The average Bonchev–Trinajstić information content (AvgIpc) is 3.18. The lowest BCUT2D eigenvalue weighted by Gasteiger charge is -2.20. The Bertz CT molecular complexity index is 996. The van der Waals surface area contributed by atoms with Gasteiger partial charge < -0.3 is 15.1 Å². The summed E-state index contributed by atoms with van der Waals surface area (Å²) in [5.41, 5.74) is 2.22. The number of carbonyl (C=O) groups excluding carboxylic acids is 2. The highest BCUT2D eigenvalue weighted by molar-refractivity contribution is 7.18. The summed E-state index contributed by atoms with van der Waals surface area (Å²) in [5, 5.41) is 3.95. The van der Waals surface area contributed by atoms with Gasteiger partial charge in [0.25, 0.3) is 11.8 Å². The summed E-state index contributed by atoms with van der Waals surface area (Å²) < 4.78 is 1.16. The molecule has 30 heavy (non-hydrogen) atoms. The van der Waals surface area contributed by atoms with Crippen molar-refractivity contribution in [2.45, 2.75) is 26.8 Å². The molecule has 3 rings (SSSR count). The summed E-state index contributed by atoms with van der Waals surface area (Å²) in [6.07, 6.45) is 0. The highest BCUT2D eigenvalue weighted by Crippen LogP contribution is 2.24. The number of likely N-dealkylation sites (N-methyl/N-ethyl adjacent to an activating group) is 1. The van der Waals surface area contributed by atoms with E-state index in [0.717, 1.165) is 20.1 Å². The van der Waals surface area contributed by atoms with E-state index in [1.54, 1.807) is 34.4 Å². The van der Waals surface area contributed by atoms with E-state index in [1.165, 1.54) is 0 Å². The fraction of sp³-hybridized carbons (Fsp3) is 0.348. The van der Waals surface area contributed by atoms with Gasteiger partial charge in [0.2, 0.25) is 0 Å². The number of rotatable bonds is 8. The molecule has 1 unspecified atom stereocenters. The Morgan fingerprint density at radius 1 is 1.13 bits per heavy atom. The summed E-state index contributed by atoms with van der Waals surface area (Å²) >= 11 is 1.67. The number of hydrogen-bond donors (Lipinski definition) is 2. The highest BCUT2D eigenvalue weighted by atomic mass is 32.1. The van der Waals surface area contributed by atoms with Crippen LogP contribution in [0.1, 0.15) is 42.2 Å². The van der Waals surface area contributed by atoms with E-state index < -0.39 is 0 Å². The maximum atomic E-state index is 12.6. The minimum atomic E-state index is -0.0899. The van der Waals surface area contributed by atoms with E-state index in [0.29, 0.717) is 30.9 Å². The fourth-order valence-corrected chi connectivity index (χ4v) is 4.43. The number of nitrogens with one attached hydrogen (secondary N) is 2. The Balaban J connectivity index is 1.63. The topological polar surface area (TPSA) is 66.7 Å². The van der Waals surface area contributed by atoms with Crippen LogP contribution in [0.3, 0.4) is 0 Å². The summed E-state index contributed by atoms with van der Waals surface area (Å²) in [6, 6.07) is 15.3. The van der Waals surface area contributed by atoms with E-state index in [4.69, 9.17) is 4.98 Å². The molecule has 1 heterocycles. The molecule has 7 heteroatoms. The van der Waals surface area contributed by atoms with Crippen LogP contribution in [-0.4, -0.2) is 48.4 Å². The van der Waals surface area contributed by atoms with E-state index in [9.17, 15) is 9.59 Å². The van der Waals surface area contributed by atoms with Crippen molar-refractivity contribution in [3.8, 4) is 0 Å². The van der Waals surface area contributed by atoms with E-state index in [1.807, 2.05) is 45.2 Å². The number of fused-ring (bicyclic) bond motifs is 1. The van der Waals surface area contributed by atoms with Crippen LogP contribution in [-0.2, 0) is 4.79 Å². The number of aromatic nitrogens is 1. The Labute approximate surface area is 181 Å². The standard InChI is InChI=1S/C23H28N4O2S/c1-5-27(6-2)23(29)17-10-9-11-18(14-17)24-21(28)15-26(4)16(3)22-25-19-12-7-8-13-20(19)30-22/h7-14,16H,5-6,15H2,1-4H3,(H,24,28)/p+1/t16-/m1/s1. The second kappa shape index (κ2) is 9.82. The largest absolute Gasteiger partial charge is 0.339 e. The number of para-hydroxylation sites is 1. The predicted octanol–water partition coefficient (Wildman–Crippen LogP) is 2.99. The third kappa shape index (κ3) is 5.04. The quantitative estimate of drug-likeness (QED) is 0.583. The number of benzene rings is 2. The van der Waals surface area contributed by atoms with Crippen LogP contribution >= 0.6 is 11.3 Å². The van der Waals surface area contributed by atoms with E-state index >= 15 is 0 Å². The summed E-state index contributed by atoms with van der Waals surface area (Å²) in [7, 11) is 2.00. The molecule has 0 aliphatic rings. The maximum absolute atomic E-state index is 12.6. The van der Waals surface area contributed by atoms with Crippen molar-refractivity contribution in [1.29, 1.82) is 0 Å². The average molecular weight is 426 g/mol. The van der Waals surface area contributed by atoms with Crippen molar-refractivity contribution in [2.75, 3.05) is 32.0 Å². The summed E-state index contributed by atoms with van der Waals surface area (Å²) in [6.45, 7) is 7.62. The first kappa shape index (κ1) is 21.9. The third-order valence-electron chi connectivity index (χ3n) is 5.30. The molecule has 0 fully saturated rings. The first-order valence-electron chi connectivity index (χ1n) is 10.3. The van der Waals surface area contributed by atoms with Crippen LogP contribution in [0.4, 0.5) is 5.69 Å². The van der Waals surface area contributed by atoms with Crippen LogP contribution in [0.2, 0.25) is 0 Å². The van der Waals surface area contributed by atoms with Gasteiger partial charge in [0.15, 0.2) is 11.6 Å². The van der Waals surface area contributed by atoms with Crippen molar-refractivity contribution >= 4 is 39.1 Å². The molecule has 0 bridgehead atoms. The van der Waals surface area contributed by atoms with Gasteiger partial charge in [-0.05, 0) is 51.1 Å². The molecule has 2 aromatic carbocycles. The molecule has 0 spiro atoms. The third-order valence-corrected chi connectivity index (χ3v) is 6.52. The molecule has 3 aromatic rings. The summed E-state index contributed by atoms with van der Waals surface area (Å²) in [5.74, 6) is -0.115. The lowest BCUT2D eigenvalue weighted by atomic mass is 10.1. The number of nitrogens with zero attached hydrogens (tertiary/aromatic N) is 2. The van der Waals surface area contributed by atoms with Crippen molar-refractivity contribution in [1.82, 2.24) is 9.88 Å². The highest BCUT2D eigenvalue weighted by Gasteiger charge is 2.22. The Morgan fingerprint density at radius 3 is 2.57 bits per heavy atom. The minimum absolute atomic E-state index is 0.0247. The molecular formula is C23H29N4O2S+. The molecule has 0 aliphatic carbocycles. The number of amides is 2. The van der Waals surface area contributed by atoms with Gasteiger partial charge in [0.05, 0.1) is 17.3 Å². The molecular weight excluding hydrogens is 396 g/mol. The molecule has 0 saturated heterocycles. The van der Waals surface area contributed by atoms with Crippen LogP contribution in [0.5, 0.6) is 0 Å². The van der Waals surface area contributed by atoms with Gasteiger partial charge >= 0.3 is 0 Å². The number of thiazole rings is 1. The number of anilines is 1. The zero-order valence-electron chi connectivity index (χ0n) is 17.9. The smallest absolute Gasteiger partial charge is 0.279 e. The van der Waals surface area contributed by atoms with Gasteiger partial charge in [0, 0.05) is 24.3 Å². The molecule has 1 aromatic heterocycles. The second-order valence-electron chi connectivity index (χ2n) is 7.37. The van der Waals surface area contributed by atoms with Gasteiger partial charge in [-0.15, -0.1) is 11.3 Å². The van der Waals surface area contributed by atoms with Crippen molar-refractivity contribution in [3.05, 3.63) is 59.1 Å². The van der Waals surface area contributed by atoms with E-state index in [2.05, 4.69) is 18.3 Å². The zero-order valence-corrected chi connectivity index (χ0v) is 18.8. The Morgan fingerprint density at radius 2 is 1.87 bits per heavy atom. The van der Waals surface area contributed by atoms with Gasteiger partial charge in [-0.2, -0.15) is 0 Å². The van der Waals surface area contributed by atoms with Crippen molar-refractivity contribution < 1.29 is 14.5 Å². The molecule has 6 nitrogen and oxygen atoms in total. The second-order valence-corrected chi connectivity index (χ2v) is 8.43. The Kier molecular flexibility index (Phi) is 7.18. The van der Waals surface area contributed by atoms with Crippen LogP contribution in [0.25, 0.3) is 10.2 Å². The van der Waals surface area contributed by atoms with Crippen molar-refractivity contribution in [2.24, 2.45) is 0 Å². The number of carbonyl (C=O) groups is 2. The molecule has 2 N–H and O–H groups in total. The summed E-state index contributed by atoms with van der Waals surface area (Å²) in [4.78, 5) is 32.7. The molecule has 0 saturated carbocycles. The lowest BCUT2D eigenvalue weighted by molar-refractivity contribution is -0.902. The first-order chi connectivity index (χ1) is 14.4. The van der Waals surface area contributed by atoms with Crippen LogP contribution in [0, 0.1) is 0 Å². The van der Waals surface area contributed by atoms with Crippen LogP contribution in [0.15, 0.2) is 48.5 Å². The maximum Gasteiger partial charge on any atom is 0.279 e. The van der Waals surface area contributed by atoms with Gasteiger partial charge in [-0.3, -0.25) is 9.59 Å². The minimum Gasteiger partial charge on any atom is -0.339 e. The normalized spacial score (nSPS) is 13.1. The molecule has 158 valence electrons. The Hall–Kier alpha value is -2.77. The van der Waals surface area contributed by atoms with Gasteiger partial charge in [-0.1, -0.05) is 18.2 Å².